The van der Waals surface area contributed by atoms with Crippen LogP contribution in [0.5, 0.6) is 0 Å². The van der Waals surface area contributed by atoms with Gasteiger partial charge in [-0.25, -0.2) is 0 Å². The molecule has 0 aliphatic carbocycles. The maximum absolute atomic E-state index is 2.00. The Labute approximate surface area is 86.0 Å². The third-order valence-corrected chi connectivity index (χ3v) is 0.333. The van der Waals surface area contributed by atoms with E-state index in [0.717, 1.165) is 0 Å². The summed E-state index contributed by atoms with van der Waals surface area (Å²) < 4.78 is 0. The summed E-state index contributed by atoms with van der Waals surface area (Å²) in [5.41, 5.74) is 0. The number of allylic oxidation sites excluding steroid dienone is 2. The van der Waals surface area contributed by atoms with Crippen LogP contribution >= 0.6 is 12.4 Å². The second kappa shape index (κ2) is 277. The Bertz CT molecular complexity index is 25.0. The molecule has 0 aliphatic heterocycles. The average molecular weight is 201 g/mol. The van der Waals surface area contributed by atoms with E-state index in [0.29, 0.717) is 0 Å². The Kier molecular flexibility index (Phi) is 932. The minimum atomic E-state index is 0. The maximum Gasteiger partial charge on any atom is -0.0470 e. The van der Waals surface area contributed by atoms with Crippen molar-refractivity contribution < 1.29 is 5.48 Å². The molecular formula is C10H29ClO. The van der Waals surface area contributed by atoms with Gasteiger partial charge >= 0.3 is 0 Å². The molecule has 0 amide bonds. The van der Waals surface area contributed by atoms with Crippen LogP contribution in [0.3, 0.4) is 0 Å². The Balaban J connectivity index is -0.0000000101. The highest BCUT2D eigenvalue weighted by atomic mass is 35.5. The molecule has 0 fully saturated rings. The highest BCUT2D eigenvalue weighted by molar-refractivity contribution is 5.85. The lowest BCUT2D eigenvalue weighted by Gasteiger charge is -1.49. The summed E-state index contributed by atoms with van der Waals surface area (Å²) in [6, 6.07) is 0. The van der Waals surface area contributed by atoms with E-state index in [1.807, 2.05) is 67.5 Å². The molecule has 0 rings (SSSR count). The first kappa shape index (κ1) is 40.4. The summed E-state index contributed by atoms with van der Waals surface area (Å²) in [6.07, 6.45) is 4.00. The van der Waals surface area contributed by atoms with E-state index in [9.17, 15) is 0 Å². The first-order valence-corrected chi connectivity index (χ1v) is 4.49. The SMILES string of the molecule is C/C=C/C.CC.CC.CC.Cl.O. The molecule has 1 nitrogen and oxygen atoms in total. The van der Waals surface area contributed by atoms with Crippen molar-refractivity contribution in [3.05, 3.63) is 12.2 Å². The van der Waals surface area contributed by atoms with Gasteiger partial charge in [-0.05, 0) is 13.8 Å². The second-order valence-corrected chi connectivity index (χ2v) is 0.667. The quantitative estimate of drug-likeness (QED) is 0.524. The molecule has 2 heteroatoms. The minimum absolute atomic E-state index is 0. The van der Waals surface area contributed by atoms with Crippen molar-refractivity contribution in [3.63, 3.8) is 0 Å². The van der Waals surface area contributed by atoms with Crippen LogP contribution in [0.25, 0.3) is 0 Å². The Morgan fingerprint density at radius 1 is 0.583 bits per heavy atom. The third-order valence-electron chi connectivity index (χ3n) is 0.333. The van der Waals surface area contributed by atoms with Crippen molar-refractivity contribution in [2.75, 3.05) is 0 Å². The minimum Gasteiger partial charge on any atom is -0.412 e. The van der Waals surface area contributed by atoms with Crippen LogP contribution in [0, 0.1) is 0 Å². The fraction of sp³-hybridized carbons (Fsp3) is 0.800. The number of rotatable bonds is 0. The van der Waals surface area contributed by atoms with E-state index >= 15 is 0 Å². The molecule has 0 saturated carbocycles. The second-order valence-electron chi connectivity index (χ2n) is 0.667. The van der Waals surface area contributed by atoms with Crippen molar-refractivity contribution in [1.29, 1.82) is 0 Å². The molecule has 0 unspecified atom stereocenters. The van der Waals surface area contributed by atoms with Gasteiger partial charge < -0.3 is 5.48 Å². The first-order chi connectivity index (χ1) is 4.91. The van der Waals surface area contributed by atoms with Crippen LogP contribution < -0.4 is 0 Å². The predicted molar refractivity (Wildman–Crippen MR) is 65.4 cm³/mol. The van der Waals surface area contributed by atoms with Gasteiger partial charge in [0.1, 0.15) is 0 Å². The van der Waals surface area contributed by atoms with Gasteiger partial charge in [0.2, 0.25) is 0 Å². The molecule has 0 radical (unpaired) electrons. The lowest BCUT2D eigenvalue weighted by atomic mass is 10.6. The Morgan fingerprint density at radius 2 is 0.667 bits per heavy atom. The molecule has 0 spiro atoms. The lowest BCUT2D eigenvalue weighted by molar-refractivity contribution is 0.824. The van der Waals surface area contributed by atoms with Crippen LogP contribution in [0.15, 0.2) is 12.2 Å². The van der Waals surface area contributed by atoms with E-state index in [1.165, 1.54) is 0 Å². The fourth-order valence-corrected chi connectivity index (χ4v) is 0. The van der Waals surface area contributed by atoms with Crippen molar-refractivity contribution >= 4 is 12.4 Å². The van der Waals surface area contributed by atoms with E-state index in [-0.39, 0.29) is 17.9 Å². The molecule has 0 aliphatic rings. The van der Waals surface area contributed by atoms with E-state index in [2.05, 4.69) is 0 Å². The van der Waals surface area contributed by atoms with Crippen LogP contribution in [0.4, 0.5) is 0 Å². The zero-order valence-electron chi connectivity index (χ0n) is 10.1. The van der Waals surface area contributed by atoms with Gasteiger partial charge in [-0.3, -0.25) is 0 Å². The van der Waals surface area contributed by atoms with Gasteiger partial charge in [0.15, 0.2) is 0 Å². The van der Waals surface area contributed by atoms with Crippen LogP contribution in [0.1, 0.15) is 55.4 Å². The zero-order chi connectivity index (χ0) is 9.41. The van der Waals surface area contributed by atoms with Crippen LogP contribution in [0.2, 0.25) is 0 Å². The summed E-state index contributed by atoms with van der Waals surface area (Å²) in [4.78, 5) is 0. The highest BCUT2D eigenvalue weighted by Crippen LogP contribution is 1.57. The molecule has 0 saturated heterocycles. The summed E-state index contributed by atoms with van der Waals surface area (Å²) in [5, 5.41) is 0. The molecule has 12 heavy (non-hydrogen) atoms. The summed E-state index contributed by atoms with van der Waals surface area (Å²) in [6.45, 7) is 16.0. The van der Waals surface area contributed by atoms with Gasteiger partial charge in [0.05, 0.1) is 0 Å². The smallest absolute Gasteiger partial charge is 0.0470 e. The number of hydrogen-bond acceptors (Lipinski definition) is 0. The average Bonchev–Trinajstić information content (AvgIpc) is 2.14. The maximum atomic E-state index is 2.00. The fourth-order valence-electron chi connectivity index (χ4n) is 0. The topological polar surface area (TPSA) is 31.5 Å². The zero-order valence-corrected chi connectivity index (χ0v) is 10.9. The number of halogens is 1. The monoisotopic (exact) mass is 200 g/mol. The van der Waals surface area contributed by atoms with Gasteiger partial charge in [-0.2, -0.15) is 0 Å². The molecule has 0 heterocycles. The molecule has 0 aromatic heterocycles. The molecule has 82 valence electrons. The standard InChI is InChI=1S/C4H8.3C2H6.ClH.H2O/c1-3-4-2;3*1-2;;/h3-4H,1-2H3;3*1-2H3;1H;1H2/b4-3+;;;;;. The van der Waals surface area contributed by atoms with Crippen molar-refractivity contribution in [2.24, 2.45) is 0 Å². The van der Waals surface area contributed by atoms with Crippen molar-refractivity contribution in [2.45, 2.75) is 55.4 Å². The highest BCUT2D eigenvalue weighted by Gasteiger charge is 1.34. The normalized spacial score (nSPS) is 4.67. The Morgan fingerprint density at radius 3 is 0.667 bits per heavy atom. The summed E-state index contributed by atoms with van der Waals surface area (Å²) >= 11 is 0. The largest absolute Gasteiger partial charge is 0.412 e. The molecular weight excluding hydrogens is 172 g/mol. The molecule has 0 atom stereocenters. The van der Waals surface area contributed by atoms with E-state index < -0.39 is 0 Å². The van der Waals surface area contributed by atoms with Gasteiger partial charge in [0, 0.05) is 0 Å². The Hall–Kier alpha value is -0.0100. The van der Waals surface area contributed by atoms with E-state index in [1.54, 1.807) is 0 Å². The van der Waals surface area contributed by atoms with E-state index in [4.69, 9.17) is 0 Å². The molecule has 0 bridgehead atoms. The molecule has 2 N–H and O–H groups in total. The van der Waals surface area contributed by atoms with Gasteiger partial charge in [0.25, 0.3) is 0 Å². The van der Waals surface area contributed by atoms with Crippen molar-refractivity contribution in [3.8, 4) is 0 Å². The summed E-state index contributed by atoms with van der Waals surface area (Å²) in [5.74, 6) is 0. The predicted octanol–water partition coefficient (Wildman–Crippen LogP) is 4.26. The summed E-state index contributed by atoms with van der Waals surface area (Å²) in [7, 11) is 0. The molecule has 0 aromatic carbocycles. The third kappa shape index (κ3) is 824. The molecule has 0 aromatic rings. The van der Waals surface area contributed by atoms with Gasteiger partial charge in [-0.15, -0.1) is 12.4 Å². The van der Waals surface area contributed by atoms with Gasteiger partial charge in [-0.1, -0.05) is 53.7 Å². The van der Waals surface area contributed by atoms with Crippen molar-refractivity contribution in [1.82, 2.24) is 0 Å². The first-order valence-electron chi connectivity index (χ1n) is 4.49. The number of hydrogen-bond donors (Lipinski definition) is 0. The van der Waals surface area contributed by atoms with Crippen LogP contribution in [-0.2, 0) is 0 Å². The van der Waals surface area contributed by atoms with Crippen LogP contribution in [-0.4, -0.2) is 5.48 Å². The lowest BCUT2D eigenvalue weighted by Crippen LogP contribution is -1.26.